The molecule has 0 aromatic heterocycles. The molecule has 3 rings (SSSR count). The van der Waals surface area contributed by atoms with E-state index in [1.165, 1.54) is 29.3 Å². The van der Waals surface area contributed by atoms with E-state index in [-0.39, 0.29) is 23.5 Å². The van der Waals surface area contributed by atoms with Gasteiger partial charge in [-0.3, -0.25) is 0 Å². The predicted octanol–water partition coefficient (Wildman–Crippen LogP) is 6.04. The Hall–Kier alpha value is -4.04. The number of rotatable bonds is 10. The lowest BCUT2D eigenvalue weighted by atomic mass is 10.1. The van der Waals surface area contributed by atoms with Gasteiger partial charge in [-0.1, -0.05) is 56.9 Å². The van der Waals surface area contributed by atoms with Gasteiger partial charge in [0, 0.05) is 0 Å². The first kappa shape index (κ1) is 24.6. The van der Waals surface area contributed by atoms with Crippen LogP contribution < -0.4 is 14.2 Å². The van der Waals surface area contributed by atoms with Crippen LogP contribution >= 0.6 is 0 Å². The van der Waals surface area contributed by atoms with Gasteiger partial charge in [0.05, 0.1) is 5.56 Å². The lowest BCUT2D eigenvalue weighted by molar-refractivity contribution is 0.0717. The number of ether oxygens (including phenoxy) is 3. The molecule has 5 nitrogen and oxygen atoms in total. The number of esters is 2. The molecule has 0 spiro atoms. The normalized spacial score (nSPS) is 10.3. The number of aryl methyl sites for hydroxylation is 2. The van der Waals surface area contributed by atoms with Gasteiger partial charge in [-0.25, -0.2) is 9.59 Å². The summed E-state index contributed by atoms with van der Waals surface area (Å²) >= 11 is 0. The average Bonchev–Trinajstić information content (AvgIpc) is 2.85. The van der Waals surface area contributed by atoms with E-state index in [1.54, 1.807) is 24.3 Å². The molecule has 0 unspecified atom stereocenters. The lowest BCUT2D eigenvalue weighted by Crippen LogP contribution is -2.14. The standard InChI is InChI=1S/C29H28O5/c1-4-7-21-9-14-24(15-10-21)33-28(30)23-13-18-26(27(20-23)32-19-6-3)29(31)34-25-16-11-22(8-5-2)12-17-25/h3,9-18,20H,4-5,7-8,19H2,1-2H3. The van der Waals surface area contributed by atoms with Crippen molar-refractivity contribution in [2.75, 3.05) is 6.61 Å². The molecule has 5 heteroatoms. The van der Waals surface area contributed by atoms with Crippen LogP contribution in [-0.4, -0.2) is 18.5 Å². The minimum atomic E-state index is -0.610. The zero-order valence-electron chi connectivity index (χ0n) is 19.5. The van der Waals surface area contributed by atoms with Crippen LogP contribution in [0.5, 0.6) is 17.2 Å². The van der Waals surface area contributed by atoms with Gasteiger partial charge in [0.1, 0.15) is 29.4 Å². The van der Waals surface area contributed by atoms with Crippen LogP contribution in [0.25, 0.3) is 0 Å². The van der Waals surface area contributed by atoms with E-state index in [2.05, 4.69) is 19.8 Å². The number of benzene rings is 3. The van der Waals surface area contributed by atoms with Gasteiger partial charge in [-0.15, -0.1) is 6.42 Å². The molecular weight excluding hydrogens is 428 g/mol. The topological polar surface area (TPSA) is 61.8 Å². The number of terminal acetylenes is 1. The summed E-state index contributed by atoms with van der Waals surface area (Å²) in [5.74, 6) is 2.19. The molecule has 0 fully saturated rings. The van der Waals surface area contributed by atoms with Crippen LogP contribution in [-0.2, 0) is 12.8 Å². The van der Waals surface area contributed by atoms with Crippen LogP contribution in [0, 0.1) is 12.3 Å². The lowest BCUT2D eigenvalue weighted by Gasteiger charge is -2.12. The molecule has 0 N–H and O–H groups in total. The second kappa shape index (κ2) is 12.3. The van der Waals surface area contributed by atoms with Crippen molar-refractivity contribution in [3.63, 3.8) is 0 Å². The molecule has 34 heavy (non-hydrogen) atoms. The molecule has 0 bridgehead atoms. The summed E-state index contributed by atoms with van der Waals surface area (Å²) in [4.78, 5) is 25.5. The van der Waals surface area contributed by atoms with Crippen molar-refractivity contribution in [2.24, 2.45) is 0 Å². The van der Waals surface area contributed by atoms with Gasteiger partial charge < -0.3 is 14.2 Å². The fraction of sp³-hybridized carbons (Fsp3) is 0.241. The summed E-state index contributed by atoms with van der Waals surface area (Å²) in [7, 11) is 0. The Morgan fingerprint density at radius 1 is 0.765 bits per heavy atom. The summed E-state index contributed by atoms with van der Waals surface area (Å²) in [5, 5.41) is 0. The van der Waals surface area contributed by atoms with E-state index < -0.39 is 11.9 Å². The predicted molar refractivity (Wildman–Crippen MR) is 132 cm³/mol. The molecule has 0 amide bonds. The monoisotopic (exact) mass is 456 g/mol. The average molecular weight is 457 g/mol. The summed E-state index contributed by atoms with van der Waals surface area (Å²) in [5.41, 5.74) is 2.73. The minimum absolute atomic E-state index is 0.0661. The Kier molecular flexibility index (Phi) is 8.88. The largest absolute Gasteiger partial charge is 0.480 e. The molecule has 0 heterocycles. The van der Waals surface area contributed by atoms with E-state index in [4.69, 9.17) is 20.6 Å². The van der Waals surface area contributed by atoms with Crippen molar-refractivity contribution in [3.8, 4) is 29.6 Å². The number of hydrogen-bond acceptors (Lipinski definition) is 5. The molecule has 0 aliphatic carbocycles. The highest BCUT2D eigenvalue weighted by Crippen LogP contribution is 2.25. The highest BCUT2D eigenvalue weighted by Gasteiger charge is 2.19. The maximum absolute atomic E-state index is 12.8. The number of hydrogen-bond donors (Lipinski definition) is 0. The Morgan fingerprint density at radius 2 is 1.29 bits per heavy atom. The fourth-order valence-electron chi connectivity index (χ4n) is 3.41. The van der Waals surface area contributed by atoms with E-state index in [0.717, 1.165) is 25.7 Å². The summed E-state index contributed by atoms with van der Waals surface area (Å²) in [6.07, 6.45) is 9.31. The molecule has 0 aliphatic rings. The van der Waals surface area contributed by atoms with E-state index in [1.807, 2.05) is 24.3 Å². The summed E-state index contributed by atoms with van der Waals surface area (Å²) in [6.45, 7) is 4.15. The van der Waals surface area contributed by atoms with Crippen molar-refractivity contribution >= 4 is 11.9 Å². The molecule has 174 valence electrons. The third-order valence-electron chi connectivity index (χ3n) is 5.09. The molecule has 0 saturated heterocycles. The first-order valence-electron chi connectivity index (χ1n) is 11.4. The van der Waals surface area contributed by atoms with Crippen molar-refractivity contribution < 1.29 is 23.8 Å². The van der Waals surface area contributed by atoms with Gasteiger partial charge in [-0.2, -0.15) is 0 Å². The fourth-order valence-corrected chi connectivity index (χ4v) is 3.41. The second-order valence-electron chi connectivity index (χ2n) is 7.77. The zero-order chi connectivity index (χ0) is 24.3. The molecule has 3 aromatic rings. The van der Waals surface area contributed by atoms with Crippen LogP contribution in [0.3, 0.4) is 0 Å². The van der Waals surface area contributed by atoms with Gasteiger partial charge >= 0.3 is 11.9 Å². The first-order chi connectivity index (χ1) is 16.5. The highest BCUT2D eigenvalue weighted by molar-refractivity contribution is 5.97. The quantitative estimate of drug-likeness (QED) is 0.211. The van der Waals surface area contributed by atoms with Crippen LogP contribution in [0.4, 0.5) is 0 Å². The maximum atomic E-state index is 12.8. The van der Waals surface area contributed by atoms with Gasteiger partial charge in [0.2, 0.25) is 0 Å². The Bertz CT molecular complexity index is 1150. The van der Waals surface area contributed by atoms with E-state index >= 15 is 0 Å². The molecule has 0 atom stereocenters. The van der Waals surface area contributed by atoms with Crippen molar-refractivity contribution in [2.45, 2.75) is 39.5 Å². The maximum Gasteiger partial charge on any atom is 0.347 e. The number of carbonyl (C=O) groups is 2. The van der Waals surface area contributed by atoms with Crippen LogP contribution in [0.2, 0.25) is 0 Å². The smallest absolute Gasteiger partial charge is 0.347 e. The van der Waals surface area contributed by atoms with Gasteiger partial charge in [0.25, 0.3) is 0 Å². The van der Waals surface area contributed by atoms with Crippen LogP contribution in [0.1, 0.15) is 58.5 Å². The SMILES string of the molecule is C#CCOc1cc(C(=O)Oc2ccc(CCC)cc2)ccc1C(=O)Oc1ccc(CCC)cc1. The molecular formula is C29H28O5. The number of carbonyl (C=O) groups excluding carboxylic acids is 2. The minimum Gasteiger partial charge on any atom is -0.480 e. The Balaban J connectivity index is 1.76. The third-order valence-corrected chi connectivity index (χ3v) is 5.09. The van der Waals surface area contributed by atoms with Crippen molar-refractivity contribution in [3.05, 3.63) is 89.0 Å². The highest BCUT2D eigenvalue weighted by atomic mass is 16.5. The molecule has 0 saturated carbocycles. The van der Waals surface area contributed by atoms with E-state index in [0.29, 0.717) is 11.5 Å². The molecule has 3 aromatic carbocycles. The van der Waals surface area contributed by atoms with Gasteiger partial charge in [0.15, 0.2) is 0 Å². The van der Waals surface area contributed by atoms with Gasteiger partial charge in [-0.05, 0) is 66.4 Å². The Morgan fingerprint density at radius 3 is 1.79 bits per heavy atom. The second-order valence-corrected chi connectivity index (χ2v) is 7.77. The Labute approximate surface area is 200 Å². The first-order valence-corrected chi connectivity index (χ1v) is 11.4. The van der Waals surface area contributed by atoms with E-state index in [9.17, 15) is 9.59 Å². The molecule has 0 aliphatic heterocycles. The third kappa shape index (κ3) is 6.73. The van der Waals surface area contributed by atoms with Crippen molar-refractivity contribution in [1.82, 2.24) is 0 Å². The van der Waals surface area contributed by atoms with Crippen LogP contribution in [0.15, 0.2) is 66.7 Å². The van der Waals surface area contributed by atoms with Crippen molar-refractivity contribution in [1.29, 1.82) is 0 Å². The zero-order valence-corrected chi connectivity index (χ0v) is 19.5. The summed E-state index contributed by atoms with van der Waals surface area (Å²) in [6, 6.07) is 19.1. The summed E-state index contributed by atoms with van der Waals surface area (Å²) < 4.78 is 16.5. The molecule has 0 radical (unpaired) electrons.